The van der Waals surface area contributed by atoms with Gasteiger partial charge in [0.1, 0.15) is 0 Å². The van der Waals surface area contributed by atoms with Crippen molar-refractivity contribution in [3.05, 3.63) is 17.9 Å². The highest BCUT2D eigenvalue weighted by molar-refractivity contribution is 5.84. The van der Waals surface area contributed by atoms with Gasteiger partial charge in [-0.25, -0.2) is 4.79 Å². The summed E-state index contributed by atoms with van der Waals surface area (Å²) in [5.41, 5.74) is 0.217. The molecule has 0 bridgehead atoms. The maximum absolute atomic E-state index is 10.6. The predicted molar refractivity (Wildman–Crippen MR) is 62.8 cm³/mol. The van der Waals surface area contributed by atoms with Gasteiger partial charge >= 0.3 is 5.97 Å². The second-order valence-electron chi connectivity index (χ2n) is 5.12. The molecule has 1 atom stereocenters. The third-order valence-corrected chi connectivity index (χ3v) is 2.88. The van der Waals surface area contributed by atoms with E-state index in [1.54, 1.807) is 6.07 Å². The van der Waals surface area contributed by atoms with Gasteiger partial charge in [0.15, 0.2) is 5.88 Å². The number of rotatable bonds is 4. The molecule has 0 amide bonds. The molecule has 1 heterocycles. The van der Waals surface area contributed by atoms with Gasteiger partial charge in [0.25, 0.3) is 0 Å². The zero-order valence-electron chi connectivity index (χ0n) is 10.2. The first-order chi connectivity index (χ1) is 7.30. The van der Waals surface area contributed by atoms with Crippen molar-refractivity contribution in [3.63, 3.8) is 0 Å². The van der Waals surface area contributed by atoms with Gasteiger partial charge in [0, 0.05) is 12.6 Å². The Balaban J connectivity index is 2.52. The fraction of sp³-hybridized carbons (Fsp3) is 0.583. The van der Waals surface area contributed by atoms with Crippen LogP contribution >= 0.6 is 0 Å². The smallest absolute Gasteiger partial charge is 0.371 e. The average molecular weight is 225 g/mol. The van der Waals surface area contributed by atoms with E-state index in [9.17, 15) is 4.79 Å². The first kappa shape index (κ1) is 12.6. The molecule has 0 fully saturated rings. The van der Waals surface area contributed by atoms with E-state index < -0.39 is 5.97 Å². The Hall–Kier alpha value is -1.45. The number of carboxylic acids is 1. The maximum Gasteiger partial charge on any atom is 0.371 e. The van der Waals surface area contributed by atoms with Crippen LogP contribution in [-0.4, -0.2) is 17.6 Å². The molecule has 0 aromatic carbocycles. The van der Waals surface area contributed by atoms with Crippen LogP contribution in [0.25, 0.3) is 0 Å². The van der Waals surface area contributed by atoms with Crippen LogP contribution in [0.3, 0.4) is 0 Å². The van der Waals surface area contributed by atoms with Gasteiger partial charge in [0.2, 0.25) is 5.76 Å². The monoisotopic (exact) mass is 225 g/mol. The molecule has 4 nitrogen and oxygen atoms in total. The lowest BCUT2D eigenvalue weighted by Crippen LogP contribution is -2.24. The van der Waals surface area contributed by atoms with Crippen molar-refractivity contribution in [1.29, 1.82) is 0 Å². The molecule has 0 saturated heterocycles. The molecule has 0 aliphatic carbocycles. The molecule has 1 unspecified atom stereocenters. The molecule has 1 aromatic rings. The van der Waals surface area contributed by atoms with E-state index >= 15 is 0 Å². The van der Waals surface area contributed by atoms with Crippen molar-refractivity contribution in [3.8, 4) is 0 Å². The Bertz CT molecular complexity index is 363. The van der Waals surface area contributed by atoms with E-state index in [-0.39, 0.29) is 11.2 Å². The summed E-state index contributed by atoms with van der Waals surface area (Å²) in [6.07, 6.45) is 0. The third kappa shape index (κ3) is 3.29. The maximum atomic E-state index is 10.6. The quantitative estimate of drug-likeness (QED) is 0.826. The van der Waals surface area contributed by atoms with Gasteiger partial charge in [-0.2, -0.15) is 0 Å². The molecule has 0 aliphatic heterocycles. The topological polar surface area (TPSA) is 62.5 Å². The van der Waals surface area contributed by atoms with Gasteiger partial charge in [-0.3, -0.25) is 0 Å². The van der Waals surface area contributed by atoms with Crippen molar-refractivity contribution >= 4 is 11.9 Å². The number of hydrogen-bond acceptors (Lipinski definition) is 3. The van der Waals surface area contributed by atoms with Crippen LogP contribution in [0.5, 0.6) is 0 Å². The SMILES string of the molecule is CC(CNc1ccc(C(=O)O)o1)C(C)(C)C. The van der Waals surface area contributed by atoms with Crippen LogP contribution in [0.4, 0.5) is 5.88 Å². The zero-order valence-corrected chi connectivity index (χ0v) is 10.2. The van der Waals surface area contributed by atoms with Crippen LogP contribution in [0, 0.1) is 11.3 Å². The van der Waals surface area contributed by atoms with Crippen molar-refractivity contribution < 1.29 is 14.3 Å². The highest BCUT2D eigenvalue weighted by Crippen LogP contribution is 2.25. The lowest BCUT2D eigenvalue weighted by molar-refractivity contribution is 0.0663. The van der Waals surface area contributed by atoms with Gasteiger partial charge in [0.05, 0.1) is 0 Å². The van der Waals surface area contributed by atoms with Crippen molar-refractivity contribution in [2.45, 2.75) is 27.7 Å². The Morgan fingerprint density at radius 2 is 2.12 bits per heavy atom. The van der Waals surface area contributed by atoms with Gasteiger partial charge < -0.3 is 14.8 Å². The Morgan fingerprint density at radius 3 is 2.56 bits per heavy atom. The molecular weight excluding hydrogens is 206 g/mol. The van der Waals surface area contributed by atoms with Crippen LogP contribution in [0.2, 0.25) is 0 Å². The number of aromatic carboxylic acids is 1. The summed E-state index contributed by atoms with van der Waals surface area (Å²) in [6.45, 7) is 9.42. The minimum Gasteiger partial charge on any atom is -0.475 e. The van der Waals surface area contributed by atoms with Crippen molar-refractivity contribution in [2.75, 3.05) is 11.9 Å². The Morgan fingerprint density at radius 1 is 1.50 bits per heavy atom. The summed E-state index contributed by atoms with van der Waals surface area (Å²) < 4.78 is 5.10. The second kappa shape index (κ2) is 4.60. The number of carbonyl (C=O) groups is 1. The molecule has 16 heavy (non-hydrogen) atoms. The molecule has 4 heteroatoms. The van der Waals surface area contributed by atoms with Crippen molar-refractivity contribution in [1.82, 2.24) is 0 Å². The summed E-state index contributed by atoms with van der Waals surface area (Å²) in [4.78, 5) is 10.6. The van der Waals surface area contributed by atoms with Gasteiger partial charge in [-0.05, 0) is 17.4 Å². The fourth-order valence-corrected chi connectivity index (χ4v) is 1.11. The Labute approximate surface area is 95.7 Å². The highest BCUT2D eigenvalue weighted by atomic mass is 16.4. The zero-order chi connectivity index (χ0) is 12.3. The second-order valence-corrected chi connectivity index (χ2v) is 5.12. The van der Waals surface area contributed by atoms with E-state index in [2.05, 4.69) is 33.0 Å². The van der Waals surface area contributed by atoms with Gasteiger partial charge in [-0.1, -0.05) is 27.7 Å². The lowest BCUT2D eigenvalue weighted by Gasteiger charge is -2.27. The van der Waals surface area contributed by atoms with Crippen LogP contribution in [0.15, 0.2) is 16.5 Å². The summed E-state index contributed by atoms with van der Waals surface area (Å²) >= 11 is 0. The number of carboxylic acid groups (broad SMARTS) is 1. The number of nitrogens with one attached hydrogen (secondary N) is 1. The van der Waals surface area contributed by atoms with Gasteiger partial charge in [-0.15, -0.1) is 0 Å². The van der Waals surface area contributed by atoms with E-state index in [1.165, 1.54) is 6.07 Å². The third-order valence-electron chi connectivity index (χ3n) is 2.88. The van der Waals surface area contributed by atoms with Crippen LogP contribution in [0.1, 0.15) is 38.2 Å². The molecule has 0 radical (unpaired) electrons. The van der Waals surface area contributed by atoms with Crippen LogP contribution in [-0.2, 0) is 0 Å². The van der Waals surface area contributed by atoms with E-state index in [4.69, 9.17) is 9.52 Å². The van der Waals surface area contributed by atoms with E-state index in [1.807, 2.05) is 0 Å². The molecule has 1 aromatic heterocycles. The number of furan rings is 1. The number of hydrogen-bond donors (Lipinski definition) is 2. The molecule has 2 N–H and O–H groups in total. The largest absolute Gasteiger partial charge is 0.475 e. The first-order valence-electron chi connectivity index (χ1n) is 5.37. The lowest BCUT2D eigenvalue weighted by atomic mass is 9.82. The van der Waals surface area contributed by atoms with E-state index in [0.717, 1.165) is 6.54 Å². The standard InChI is InChI=1S/C12H19NO3/c1-8(12(2,3)4)7-13-10-6-5-9(16-10)11(14)15/h5-6,8,13H,7H2,1-4H3,(H,14,15). The number of anilines is 1. The highest BCUT2D eigenvalue weighted by Gasteiger charge is 2.20. The first-order valence-corrected chi connectivity index (χ1v) is 5.37. The summed E-state index contributed by atoms with van der Waals surface area (Å²) in [5.74, 6) is -0.109. The van der Waals surface area contributed by atoms with Crippen molar-refractivity contribution in [2.24, 2.45) is 11.3 Å². The summed E-state index contributed by atoms with van der Waals surface area (Å²) in [7, 11) is 0. The fourth-order valence-electron chi connectivity index (χ4n) is 1.11. The summed E-state index contributed by atoms with van der Waals surface area (Å²) in [6, 6.07) is 3.09. The normalized spacial score (nSPS) is 13.5. The molecule has 90 valence electrons. The average Bonchev–Trinajstić information content (AvgIpc) is 2.60. The summed E-state index contributed by atoms with van der Waals surface area (Å²) in [5, 5.41) is 11.8. The minimum atomic E-state index is -1.04. The molecule has 0 saturated carbocycles. The predicted octanol–water partition coefficient (Wildman–Crippen LogP) is 3.07. The Kier molecular flexibility index (Phi) is 3.62. The minimum absolute atomic E-state index is 0.0362. The van der Waals surface area contributed by atoms with E-state index in [0.29, 0.717) is 11.8 Å². The molecule has 1 rings (SSSR count). The molecule has 0 aliphatic rings. The molecule has 0 spiro atoms. The van der Waals surface area contributed by atoms with Crippen LogP contribution < -0.4 is 5.32 Å². The molecular formula is C12H19NO3.